The molecule has 1 aromatic carbocycles. The van der Waals surface area contributed by atoms with Crippen LogP contribution in [-0.2, 0) is 6.54 Å². The highest BCUT2D eigenvalue weighted by Crippen LogP contribution is 2.10. The third kappa shape index (κ3) is 8.92. The van der Waals surface area contributed by atoms with Gasteiger partial charge < -0.3 is 10.6 Å². The van der Waals surface area contributed by atoms with Crippen LogP contribution >= 0.6 is 24.0 Å². The summed E-state index contributed by atoms with van der Waals surface area (Å²) in [5, 5.41) is 7.07. The van der Waals surface area contributed by atoms with Crippen molar-refractivity contribution in [2.24, 2.45) is 4.99 Å². The molecule has 1 saturated heterocycles. The van der Waals surface area contributed by atoms with Gasteiger partial charge in [0, 0.05) is 51.9 Å². The Bertz CT molecular complexity index is 570. The van der Waals surface area contributed by atoms with E-state index in [1.54, 1.807) is 0 Å². The molecule has 1 heterocycles. The van der Waals surface area contributed by atoms with Crippen molar-refractivity contribution in [3.8, 4) is 0 Å². The zero-order valence-corrected chi connectivity index (χ0v) is 20.1. The standard InChI is InChI=1S/C22H37N5.HI/c1-5-15-27-16-12-21(13-17-27)25-22(23-3)24-14-11-19(2)26(4)18-20-9-7-6-8-10-20;/h5-10,19,21H,1,11-18H2,2-4H3,(H2,23,24,25);1H. The van der Waals surface area contributed by atoms with E-state index < -0.39 is 0 Å². The molecule has 6 heteroatoms. The Hall–Kier alpha value is -1.12. The van der Waals surface area contributed by atoms with Crippen molar-refractivity contribution in [3.63, 3.8) is 0 Å². The number of rotatable bonds is 9. The van der Waals surface area contributed by atoms with Gasteiger partial charge in [0.15, 0.2) is 5.96 Å². The number of aliphatic imine (C=N–C) groups is 1. The summed E-state index contributed by atoms with van der Waals surface area (Å²) in [4.78, 5) is 9.25. The van der Waals surface area contributed by atoms with Crippen molar-refractivity contribution >= 4 is 29.9 Å². The summed E-state index contributed by atoms with van der Waals surface area (Å²) in [5.41, 5.74) is 1.36. The molecular formula is C22H38IN5. The minimum atomic E-state index is 0. The van der Waals surface area contributed by atoms with Gasteiger partial charge in [0.2, 0.25) is 0 Å². The molecule has 0 aliphatic carbocycles. The van der Waals surface area contributed by atoms with E-state index in [4.69, 9.17) is 0 Å². The molecule has 0 amide bonds. The maximum Gasteiger partial charge on any atom is 0.191 e. The van der Waals surface area contributed by atoms with E-state index >= 15 is 0 Å². The average Bonchev–Trinajstić information content (AvgIpc) is 2.69. The van der Waals surface area contributed by atoms with Gasteiger partial charge in [-0.25, -0.2) is 0 Å². The number of hydrogen-bond acceptors (Lipinski definition) is 3. The first-order valence-corrected chi connectivity index (χ1v) is 10.2. The van der Waals surface area contributed by atoms with E-state index in [0.717, 1.165) is 57.9 Å². The predicted molar refractivity (Wildman–Crippen MR) is 132 cm³/mol. The first-order chi connectivity index (χ1) is 13.1. The quantitative estimate of drug-likeness (QED) is 0.237. The van der Waals surface area contributed by atoms with Crippen LogP contribution in [0.2, 0.25) is 0 Å². The van der Waals surface area contributed by atoms with Crippen molar-refractivity contribution < 1.29 is 0 Å². The van der Waals surface area contributed by atoms with E-state index in [1.807, 2.05) is 13.1 Å². The van der Waals surface area contributed by atoms with Crippen molar-refractivity contribution in [1.29, 1.82) is 0 Å². The van der Waals surface area contributed by atoms with E-state index in [-0.39, 0.29) is 24.0 Å². The Morgan fingerprint density at radius 2 is 2.00 bits per heavy atom. The Balaban J connectivity index is 0.00000392. The number of nitrogens with zero attached hydrogens (tertiary/aromatic N) is 3. The molecule has 0 bridgehead atoms. The topological polar surface area (TPSA) is 42.9 Å². The van der Waals surface area contributed by atoms with Gasteiger partial charge in [-0.05, 0) is 38.8 Å². The molecule has 2 rings (SSSR count). The van der Waals surface area contributed by atoms with E-state index in [1.165, 1.54) is 5.56 Å². The Morgan fingerprint density at radius 1 is 1.32 bits per heavy atom. The minimum Gasteiger partial charge on any atom is -0.356 e. The summed E-state index contributed by atoms with van der Waals surface area (Å²) < 4.78 is 0. The lowest BCUT2D eigenvalue weighted by molar-refractivity contribution is 0.224. The highest BCUT2D eigenvalue weighted by Gasteiger charge is 2.19. The van der Waals surface area contributed by atoms with Crippen LogP contribution in [0.3, 0.4) is 0 Å². The van der Waals surface area contributed by atoms with Gasteiger partial charge in [-0.15, -0.1) is 30.6 Å². The van der Waals surface area contributed by atoms with Crippen LogP contribution in [0.15, 0.2) is 48.0 Å². The molecule has 1 unspecified atom stereocenters. The lowest BCUT2D eigenvalue weighted by Crippen LogP contribution is -2.49. The van der Waals surface area contributed by atoms with Gasteiger partial charge in [-0.1, -0.05) is 36.4 Å². The molecule has 0 spiro atoms. The second-order valence-corrected chi connectivity index (χ2v) is 7.55. The van der Waals surface area contributed by atoms with Crippen LogP contribution in [0.25, 0.3) is 0 Å². The van der Waals surface area contributed by atoms with Crippen molar-refractivity contribution in [2.45, 2.75) is 44.8 Å². The summed E-state index contributed by atoms with van der Waals surface area (Å²) >= 11 is 0. The monoisotopic (exact) mass is 499 g/mol. The van der Waals surface area contributed by atoms with Crippen LogP contribution in [0, 0.1) is 0 Å². The maximum atomic E-state index is 4.40. The predicted octanol–water partition coefficient (Wildman–Crippen LogP) is 3.33. The molecule has 0 aromatic heterocycles. The number of benzene rings is 1. The first kappa shape index (κ1) is 24.9. The second-order valence-electron chi connectivity index (χ2n) is 7.55. The highest BCUT2D eigenvalue weighted by atomic mass is 127. The first-order valence-electron chi connectivity index (χ1n) is 10.2. The summed E-state index contributed by atoms with van der Waals surface area (Å²) in [7, 11) is 4.05. The van der Waals surface area contributed by atoms with Crippen LogP contribution in [0.1, 0.15) is 31.7 Å². The Labute approximate surface area is 188 Å². The van der Waals surface area contributed by atoms with Gasteiger partial charge in [-0.3, -0.25) is 14.8 Å². The molecular weight excluding hydrogens is 461 g/mol. The van der Waals surface area contributed by atoms with Gasteiger partial charge >= 0.3 is 0 Å². The third-order valence-corrected chi connectivity index (χ3v) is 5.42. The van der Waals surface area contributed by atoms with Crippen LogP contribution in [0.4, 0.5) is 0 Å². The molecule has 1 atom stereocenters. The van der Waals surface area contributed by atoms with Gasteiger partial charge in [-0.2, -0.15) is 0 Å². The molecule has 0 saturated carbocycles. The number of hydrogen-bond donors (Lipinski definition) is 2. The fourth-order valence-electron chi connectivity index (χ4n) is 3.48. The fourth-order valence-corrected chi connectivity index (χ4v) is 3.48. The normalized spacial score (nSPS) is 17.1. The number of halogens is 1. The fraction of sp³-hybridized carbons (Fsp3) is 0.591. The third-order valence-electron chi connectivity index (χ3n) is 5.42. The van der Waals surface area contributed by atoms with Crippen LogP contribution in [-0.4, -0.2) is 68.1 Å². The van der Waals surface area contributed by atoms with Crippen molar-refractivity contribution in [1.82, 2.24) is 20.4 Å². The van der Waals surface area contributed by atoms with Gasteiger partial charge in [0.25, 0.3) is 0 Å². The number of piperidine rings is 1. The largest absolute Gasteiger partial charge is 0.356 e. The molecule has 1 aliphatic heterocycles. The van der Waals surface area contributed by atoms with E-state index in [9.17, 15) is 0 Å². The zero-order valence-electron chi connectivity index (χ0n) is 17.7. The van der Waals surface area contributed by atoms with Gasteiger partial charge in [0.05, 0.1) is 0 Å². The van der Waals surface area contributed by atoms with E-state index in [0.29, 0.717) is 12.1 Å². The number of guanidine groups is 1. The summed E-state index contributed by atoms with van der Waals surface area (Å²) in [6.07, 6.45) is 5.39. The molecule has 1 aromatic rings. The lowest BCUT2D eigenvalue weighted by atomic mass is 10.1. The number of nitrogens with one attached hydrogen (secondary N) is 2. The van der Waals surface area contributed by atoms with E-state index in [2.05, 4.69) is 76.3 Å². The smallest absolute Gasteiger partial charge is 0.191 e. The van der Waals surface area contributed by atoms with Crippen molar-refractivity contribution in [2.75, 3.05) is 40.3 Å². The summed E-state index contributed by atoms with van der Waals surface area (Å²) in [5.74, 6) is 0.926. The molecule has 0 radical (unpaired) electrons. The summed E-state index contributed by atoms with van der Waals surface area (Å²) in [6.45, 7) is 11.3. The van der Waals surface area contributed by atoms with Crippen LogP contribution < -0.4 is 10.6 Å². The highest BCUT2D eigenvalue weighted by molar-refractivity contribution is 14.0. The maximum absolute atomic E-state index is 4.40. The molecule has 28 heavy (non-hydrogen) atoms. The molecule has 1 fully saturated rings. The van der Waals surface area contributed by atoms with Crippen molar-refractivity contribution in [3.05, 3.63) is 48.6 Å². The molecule has 5 nitrogen and oxygen atoms in total. The lowest BCUT2D eigenvalue weighted by Gasteiger charge is -2.32. The SMILES string of the molecule is C=CCN1CCC(NC(=NC)NCCC(C)N(C)Cc2ccccc2)CC1.I. The average molecular weight is 499 g/mol. The molecule has 1 aliphatic rings. The minimum absolute atomic E-state index is 0. The number of likely N-dealkylation sites (tertiary alicyclic amines) is 1. The molecule has 158 valence electrons. The Morgan fingerprint density at radius 3 is 2.61 bits per heavy atom. The zero-order chi connectivity index (χ0) is 19.5. The van der Waals surface area contributed by atoms with Crippen LogP contribution in [0.5, 0.6) is 0 Å². The van der Waals surface area contributed by atoms with Gasteiger partial charge in [0.1, 0.15) is 0 Å². The Kier molecular flexibility index (Phi) is 12.4. The molecule has 2 N–H and O–H groups in total. The summed E-state index contributed by atoms with van der Waals surface area (Å²) in [6, 6.07) is 11.7. The second kappa shape index (κ2) is 14.0.